The van der Waals surface area contributed by atoms with Crippen LogP contribution in [-0.2, 0) is 9.59 Å². The van der Waals surface area contributed by atoms with E-state index in [0.717, 1.165) is 0 Å². The van der Waals surface area contributed by atoms with E-state index in [9.17, 15) is 9.59 Å². The minimum atomic E-state index is -0.285. The zero-order chi connectivity index (χ0) is 12.0. The molecule has 1 aromatic carbocycles. The van der Waals surface area contributed by atoms with Crippen molar-refractivity contribution < 1.29 is 14.0 Å². The molecule has 5 nitrogen and oxygen atoms in total. The number of benzene rings is 1. The number of carbonyl (C=O) groups excluding carboxylic acids is 2. The Balaban J connectivity index is 2.06. The third-order valence-corrected chi connectivity index (χ3v) is 2.79. The number of carbonyl (C=O) groups is 2. The average molecular weight is 251 g/mol. The standard InChI is InChI=1S/C11H7ClN2O3/c12-6-1-2-9-8(3-6)13-11(17-9)14-5-7(15)4-10(14)16/h1-3H,4-5H2. The Labute approximate surface area is 101 Å². The first kappa shape index (κ1) is 10.3. The highest BCUT2D eigenvalue weighted by Crippen LogP contribution is 2.26. The molecule has 0 atom stereocenters. The summed E-state index contributed by atoms with van der Waals surface area (Å²) in [5, 5.41) is 0.543. The SMILES string of the molecule is O=C1CC(=O)N(c2nc3cc(Cl)ccc3o2)C1. The molecule has 1 aliphatic heterocycles. The van der Waals surface area contributed by atoms with Crippen LogP contribution in [0.1, 0.15) is 6.42 Å². The van der Waals surface area contributed by atoms with Gasteiger partial charge in [-0.05, 0) is 18.2 Å². The van der Waals surface area contributed by atoms with Crippen LogP contribution in [0.25, 0.3) is 11.1 Å². The number of hydrogen-bond acceptors (Lipinski definition) is 4. The van der Waals surface area contributed by atoms with Crippen LogP contribution >= 0.6 is 11.6 Å². The number of fused-ring (bicyclic) bond motifs is 1. The van der Waals surface area contributed by atoms with E-state index in [1.54, 1.807) is 18.2 Å². The maximum Gasteiger partial charge on any atom is 0.305 e. The number of nitrogens with zero attached hydrogens (tertiary/aromatic N) is 2. The van der Waals surface area contributed by atoms with Crippen molar-refractivity contribution in [2.24, 2.45) is 0 Å². The van der Waals surface area contributed by atoms with Gasteiger partial charge in [-0.3, -0.25) is 14.5 Å². The van der Waals surface area contributed by atoms with Crippen LogP contribution in [0, 0.1) is 0 Å². The maximum absolute atomic E-state index is 11.5. The van der Waals surface area contributed by atoms with Gasteiger partial charge in [0.1, 0.15) is 5.52 Å². The number of Topliss-reactive ketones (excluding diaryl/α,β-unsaturated/α-hetero) is 1. The third kappa shape index (κ3) is 1.68. The largest absolute Gasteiger partial charge is 0.423 e. The molecule has 1 aliphatic rings. The molecule has 2 heterocycles. The lowest BCUT2D eigenvalue weighted by molar-refractivity contribution is -0.121. The number of rotatable bonds is 1. The molecule has 0 N–H and O–H groups in total. The van der Waals surface area contributed by atoms with Gasteiger partial charge in [0.2, 0.25) is 5.91 Å². The minimum Gasteiger partial charge on any atom is -0.423 e. The van der Waals surface area contributed by atoms with Crippen molar-refractivity contribution in [2.75, 3.05) is 11.4 Å². The molecule has 2 aromatic rings. The van der Waals surface area contributed by atoms with Crippen molar-refractivity contribution in [3.05, 3.63) is 23.2 Å². The Morgan fingerprint density at radius 3 is 2.88 bits per heavy atom. The second-order valence-corrected chi connectivity index (χ2v) is 4.24. The van der Waals surface area contributed by atoms with Crippen molar-refractivity contribution in [2.45, 2.75) is 6.42 Å². The van der Waals surface area contributed by atoms with Crippen molar-refractivity contribution in [3.8, 4) is 0 Å². The Bertz CT molecular complexity index is 635. The molecule has 1 saturated heterocycles. The number of aromatic nitrogens is 1. The van der Waals surface area contributed by atoms with E-state index in [0.29, 0.717) is 16.1 Å². The van der Waals surface area contributed by atoms with E-state index in [1.807, 2.05) is 0 Å². The summed E-state index contributed by atoms with van der Waals surface area (Å²) in [6.07, 6.45) is -0.0838. The Kier molecular flexibility index (Phi) is 2.16. The zero-order valence-electron chi connectivity index (χ0n) is 8.64. The molecule has 0 bridgehead atoms. The zero-order valence-corrected chi connectivity index (χ0v) is 9.40. The van der Waals surface area contributed by atoms with Gasteiger partial charge in [0, 0.05) is 5.02 Å². The molecule has 1 amide bonds. The quantitative estimate of drug-likeness (QED) is 0.724. The Morgan fingerprint density at radius 1 is 1.35 bits per heavy atom. The van der Waals surface area contributed by atoms with Crippen LogP contribution in [0.5, 0.6) is 0 Å². The Hall–Kier alpha value is -1.88. The van der Waals surface area contributed by atoms with Crippen LogP contribution in [0.3, 0.4) is 0 Å². The summed E-state index contributed by atoms with van der Waals surface area (Å²) in [7, 11) is 0. The fourth-order valence-electron chi connectivity index (χ4n) is 1.76. The molecular formula is C11H7ClN2O3. The first-order valence-corrected chi connectivity index (χ1v) is 5.39. The summed E-state index contributed by atoms with van der Waals surface area (Å²) in [4.78, 5) is 28.0. The average Bonchev–Trinajstić information content (AvgIpc) is 2.80. The molecule has 0 unspecified atom stereocenters. The molecule has 0 radical (unpaired) electrons. The lowest BCUT2D eigenvalue weighted by Crippen LogP contribution is -2.24. The Morgan fingerprint density at radius 2 is 2.18 bits per heavy atom. The second kappa shape index (κ2) is 3.56. The number of halogens is 1. The summed E-state index contributed by atoms with van der Waals surface area (Å²) in [6.45, 7) is 0.0272. The molecule has 0 spiro atoms. The second-order valence-electron chi connectivity index (χ2n) is 3.80. The monoisotopic (exact) mass is 250 g/mol. The van der Waals surface area contributed by atoms with Crippen LogP contribution in [0.15, 0.2) is 22.6 Å². The summed E-state index contributed by atoms with van der Waals surface area (Å²) in [5.74, 6) is -0.414. The molecule has 0 aliphatic carbocycles. The fraction of sp³-hybridized carbons (Fsp3) is 0.182. The highest BCUT2D eigenvalue weighted by molar-refractivity contribution is 6.31. The molecule has 6 heteroatoms. The van der Waals surface area contributed by atoms with Gasteiger partial charge >= 0.3 is 6.01 Å². The number of ketones is 1. The van der Waals surface area contributed by atoms with Gasteiger partial charge in [0.25, 0.3) is 0 Å². The predicted octanol–water partition coefficient (Wildman–Crippen LogP) is 1.79. The number of anilines is 1. The normalized spacial score (nSPS) is 16.2. The maximum atomic E-state index is 11.5. The molecular weight excluding hydrogens is 244 g/mol. The van der Waals surface area contributed by atoms with E-state index in [4.69, 9.17) is 16.0 Å². The van der Waals surface area contributed by atoms with Crippen LogP contribution in [0.4, 0.5) is 6.01 Å². The topological polar surface area (TPSA) is 63.4 Å². The molecule has 86 valence electrons. The summed E-state index contributed by atoms with van der Waals surface area (Å²) in [5.41, 5.74) is 1.11. The first-order chi connectivity index (χ1) is 8.13. The van der Waals surface area contributed by atoms with Gasteiger partial charge in [-0.15, -0.1) is 0 Å². The van der Waals surface area contributed by atoms with Crippen LogP contribution in [-0.4, -0.2) is 23.2 Å². The molecule has 0 saturated carbocycles. The van der Waals surface area contributed by atoms with E-state index in [2.05, 4.69) is 4.98 Å². The summed E-state index contributed by atoms with van der Waals surface area (Å²) >= 11 is 5.82. The molecule has 1 aromatic heterocycles. The fourth-order valence-corrected chi connectivity index (χ4v) is 1.93. The summed E-state index contributed by atoms with van der Waals surface area (Å²) < 4.78 is 5.41. The lowest BCUT2D eigenvalue weighted by atomic mass is 10.3. The van der Waals surface area contributed by atoms with E-state index in [-0.39, 0.29) is 30.7 Å². The number of hydrogen-bond donors (Lipinski definition) is 0. The van der Waals surface area contributed by atoms with Crippen molar-refractivity contribution in [1.29, 1.82) is 0 Å². The van der Waals surface area contributed by atoms with Crippen LogP contribution in [0.2, 0.25) is 5.02 Å². The van der Waals surface area contributed by atoms with Gasteiger partial charge < -0.3 is 4.42 Å². The molecule has 1 fully saturated rings. The van der Waals surface area contributed by atoms with Crippen LogP contribution < -0.4 is 4.90 Å². The van der Waals surface area contributed by atoms with Gasteiger partial charge in [-0.2, -0.15) is 4.98 Å². The summed E-state index contributed by atoms with van der Waals surface area (Å²) in [6, 6.07) is 5.15. The smallest absolute Gasteiger partial charge is 0.305 e. The highest BCUT2D eigenvalue weighted by Gasteiger charge is 2.31. The molecule has 17 heavy (non-hydrogen) atoms. The highest BCUT2D eigenvalue weighted by atomic mass is 35.5. The predicted molar refractivity (Wildman–Crippen MR) is 61.0 cm³/mol. The number of oxazole rings is 1. The first-order valence-electron chi connectivity index (χ1n) is 5.01. The van der Waals surface area contributed by atoms with E-state index in [1.165, 1.54) is 4.90 Å². The minimum absolute atomic E-state index is 0.0272. The van der Waals surface area contributed by atoms with Gasteiger partial charge in [0.15, 0.2) is 11.4 Å². The van der Waals surface area contributed by atoms with Gasteiger partial charge in [-0.25, -0.2) is 0 Å². The van der Waals surface area contributed by atoms with E-state index >= 15 is 0 Å². The van der Waals surface area contributed by atoms with Crippen molar-refractivity contribution in [3.63, 3.8) is 0 Å². The lowest BCUT2D eigenvalue weighted by Gasteiger charge is -2.07. The van der Waals surface area contributed by atoms with Crippen molar-refractivity contribution >= 4 is 40.4 Å². The van der Waals surface area contributed by atoms with Gasteiger partial charge in [0.05, 0.1) is 13.0 Å². The van der Waals surface area contributed by atoms with Gasteiger partial charge in [-0.1, -0.05) is 11.6 Å². The third-order valence-electron chi connectivity index (χ3n) is 2.55. The number of amides is 1. The van der Waals surface area contributed by atoms with E-state index < -0.39 is 0 Å². The van der Waals surface area contributed by atoms with Crippen molar-refractivity contribution in [1.82, 2.24) is 4.98 Å². The molecule has 3 rings (SSSR count).